The van der Waals surface area contributed by atoms with Gasteiger partial charge >= 0.3 is 0 Å². The number of para-hydroxylation sites is 3. The molecule has 1 N–H and O–H groups in total. The lowest BCUT2D eigenvalue weighted by Crippen LogP contribution is -2.17. The highest BCUT2D eigenvalue weighted by Gasteiger charge is 2.39. The van der Waals surface area contributed by atoms with Crippen LogP contribution in [0.2, 0.25) is 0 Å². The molecule has 0 atom stereocenters. The SMILES string of the molecule is CC.CC1(C)C2=CCCC=C2c2ccc(N3c4ccccc4-c4ccccc4-c4ccccc43)cc21.CNc1ccccc1-c1ccccc1-c1ccccc1. The summed E-state index contributed by atoms with van der Waals surface area (Å²) in [4.78, 5) is 2.46. The molecule has 0 saturated carbocycles. The van der Waals surface area contributed by atoms with E-state index >= 15 is 0 Å². The lowest BCUT2D eigenvalue weighted by Gasteiger charge is -2.29. The number of hydrogen-bond donors (Lipinski definition) is 1. The second-order valence-electron chi connectivity index (χ2n) is 14.8. The summed E-state index contributed by atoms with van der Waals surface area (Å²) in [6, 6.07) is 61.0. The molecule has 7 aromatic rings. The number of nitrogens with zero attached hydrogens (tertiary/aromatic N) is 1. The van der Waals surface area contributed by atoms with Crippen LogP contribution in [0.1, 0.15) is 51.7 Å². The van der Waals surface area contributed by atoms with E-state index in [1.807, 2.05) is 27.0 Å². The van der Waals surface area contributed by atoms with E-state index in [0.717, 1.165) is 18.5 Å². The van der Waals surface area contributed by atoms with Crippen molar-refractivity contribution < 1.29 is 0 Å². The van der Waals surface area contributed by atoms with Crippen LogP contribution < -0.4 is 10.2 Å². The third-order valence-electron chi connectivity index (χ3n) is 11.3. The second-order valence-corrected chi connectivity index (χ2v) is 14.8. The largest absolute Gasteiger partial charge is 0.388 e. The fourth-order valence-corrected chi connectivity index (χ4v) is 8.77. The van der Waals surface area contributed by atoms with Crippen LogP contribution in [0.5, 0.6) is 0 Å². The van der Waals surface area contributed by atoms with Gasteiger partial charge in [0, 0.05) is 40.5 Å². The Morgan fingerprint density at radius 2 is 0.946 bits per heavy atom. The number of hydrogen-bond acceptors (Lipinski definition) is 2. The Balaban J connectivity index is 0.000000171. The molecule has 0 amide bonds. The molecule has 276 valence electrons. The van der Waals surface area contributed by atoms with Crippen LogP contribution >= 0.6 is 0 Å². The molecule has 0 unspecified atom stereocenters. The Morgan fingerprint density at radius 1 is 0.464 bits per heavy atom. The van der Waals surface area contributed by atoms with Gasteiger partial charge < -0.3 is 10.2 Å². The molecule has 0 bridgehead atoms. The maximum atomic E-state index is 3.27. The smallest absolute Gasteiger partial charge is 0.0540 e. The Bertz CT molecular complexity index is 2500. The number of anilines is 4. The number of fused-ring (bicyclic) bond motifs is 8. The molecule has 1 aliphatic heterocycles. The zero-order valence-electron chi connectivity index (χ0n) is 33.2. The van der Waals surface area contributed by atoms with E-state index in [1.54, 1.807) is 0 Å². The minimum absolute atomic E-state index is 0.0193. The molecule has 3 aliphatic rings. The molecule has 2 nitrogen and oxygen atoms in total. The molecule has 56 heavy (non-hydrogen) atoms. The van der Waals surface area contributed by atoms with E-state index in [2.05, 4.69) is 200 Å². The highest BCUT2D eigenvalue weighted by molar-refractivity contribution is 6.03. The summed E-state index contributed by atoms with van der Waals surface area (Å²) in [7, 11) is 1.96. The molecule has 7 aromatic carbocycles. The van der Waals surface area contributed by atoms with E-state index in [-0.39, 0.29) is 5.41 Å². The summed E-state index contributed by atoms with van der Waals surface area (Å²) >= 11 is 0. The molecule has 0 fully saturated rings. The van der Waals surface area contributed by atoms with Crippen molar-refractivity contribution in [2.45, 2.75) is 46.0 Å². The van der Waals surface area contributed by atoms with Gasteiger partial charge in [-0.05, 0) is 93.3 Å². The summed E-state index contributed by atoms with van der Waals surface area (Å²) < 4.78 is 0. The number of rotatable bonds is 4. The number of allylic oxidation sites excluding steroid dienone is 4. The summed E-state index contributed by atoms with van der Waals surface area (Å²) in [6.07, 6.45) is 7.19. The van der Waals surface area contributed by atoms with Gasteiger partial charge in [0.15, 0.2) is 0 Å². The highest BCUT2D eigenvalue weighted by Crippen LogP contribution is 2.55. The lowest BCUT2D eigenvalue weighted by molar-refractivity contribution is 0.654. The summed E-state index contributed by atoms with van der Waals surface area (Å²) in [6.45, 7) is 8.77. The van der Waals surface area contributed by atoms with Crippen LogP contribution in [0.4, 0.5) is 22.7 Å². The van der Waals surface area contributed by atoms with Crippen molar-refractivity contribution in [3.63, 3.8) is 0 Å². The monoisotopic (exact) mass is 726 g/mol. The van der Waals surface area contributed by atoms with E-state index in [1.165, 1.54) is 83.8 Å². The van der Waals surface area contributed by atoms with E-state index in [4.69, 9.17) is 0 Å². The van der Waals surface area contributed by atoms with E-state index in [9.17, 15) is 0 Å². The summed E-state index contributed by atoms with van der Waals surface area (Å²) in [5.74, 6) is 0. The summed E-state index contributed by atoms with van der Waals surface area (Å²) in [5.41, 5.74) is 20.7. The zero-order valence-corrected chi connectivity index (χ0v) is 33.2. The fourth-order valence-electron chi connectivity index (χ4n) is 8.77. The van der Waals surface area contributed by atoms with Crippen molar-refractivity contribution in [1.29, 1.82) is 0 Å². The van der Waals surface area contributed by atoms with Gasteiger partial charge in [-0.25, -0.2) is 0 Å². The van der Waals surface area contributed by atoms with Crippen LogP contribution in [0, 0.1) is 0 Å². The van der Waals surface area contributed by atoms with Gasteiger partial charge in [-0.1, -0.05) is 179 Å². The summed E-state index contributed by atoms with van der Waals surface area (Å²) in [5, 5.41) is 3.27. The molecule has 2 aliphatic carbocycles. The first-order chi connectivity index (χ1) is 27.5. The first-order valence-electron chi connectivity index (χ1n) is 20.1. The fraction of sp³-hybridized carbons (Fsp3) is 0.148. The standard InChI is InChI=1S/C33H27N.C19H17N.C2H6/c1-33(2)29-16-8-5-13-25(29)26-20-19-22(21-30(26)33)34-31-17-9-6-14-27(31)23-11-3-4-12-24(23)28-15-7-10-18-32(28)34;1-20-19-14-8-7-13-18(19)17-12-6-5-11-16(17)15-9-3-2-4-10-15;1-2/h3-4,6-7,9-21H,5,8H2,1-2H3;2-14,20H,1H3;1-2H3. The average Bonchev–Trinajstić information content (AvgIpc) is 3.42. The first kappa shape index (κ1) is 36.6. The van der Waals surface area contributed by atoms with Crippen LogP contribution in [-0.4, -0.2) is 7.05 Å². The molecule has 10 rings (SSSR count). The van der Waals surface area contributed by atoms with Crippen molar-refractivity contribution >= 4 is 28.3 Å². The van der Waals surface area contributed by atoms with Crippen molar-refractivity contribution in [1.82, 2.24) is 0 Å². The van der Waals surface area contributed by atoms with Gasteiger partial charge in [0.25, 0.3) is 0 Å². The minimum atomic E-state index is 0.0193. The van der Waals surface area contributed by atoms with Gasteiger partial charge in [0.2, 0.25) is 0 Å². The lowest BCUT2D eigenvalue weighted by atomic mass is 9.80. The third-order valence-corrected chi connectivity index (χ3v) is 11.3. The van der Waals surface area contributed by atoms with Crippen molar-refractivity contribution in [3.8, 4) is 44.5 Å². The van der Waals surface area contributed by atoms with E-state index < -0.39 is 0 Å². The normalized spacial score (nSPS) is 14.0. The van der Waals surface area contributed by atoms with Crippen molar-refractivity contribution in [3.05, 3.63) is 199 Å². The number of benzene rings is 7. The zero-order chi connectivity index (χ0) is 38.6. The Hall–Kier alpha value is -6.38. The van der Waals surface area contributed by atoms with Crippen LogP contribution in [0.15, 0.2) is 188 Å². The predicted octanol–water partition coefficient (Wildman–Crippen LogP) is 15.3. The predicted molar refractivity (Wildman–Crippen MR) is 242 cm³/mol. The van der Waals surface area contributed by atoms with Crippen molar-refractivity contribution in [2.24, 2.45) is 0 Å². The van der Waals surface area contributed by atoms with Crippen molar-refractivity contribution in [2.75, 3.05) is 17.3 Å². The number of nitrogens with one attached hydrogen (secondary N) is 1. The quantitative estimate of drug-likeness (QED) is 0.194. The molecule has 2 heteroatoms. The maximum absolute atomic E-state index is 3.27. The van der Waals surface area contributed by atoms with Gasteiger partial charge in [0.1, 0.15) is 0 Å². The maximum Gasteiger partial charge on any atom is 0.0540 e. The molecular formula is C54H50N2. The minimum Gasteiger partial charge on any atom is -0.388 e. The molecule has 0 saturated heterocycles. The van der Waals surface area contributed by atoms with Gasteiger partial charge in [0.05, 0.1) is 11.4 Å². The molecule has 0 aromatic heterocycles. The Morgan fingerprint density at radius 3 is 1.55 bits per heavy atom. The van der Waals surface area contributed by atoms with Crippen LogP contribution in [0.25, 0.3) is 50.1 Å². The highest BCUT2D eigenvalue weighted by atomic mass is 15.1. The first-order valence-corrected chi connectivity index (χ1v) is 20.1. The topological polar surface area (TPSA) is 15.3 Å². The van der Waals surface area contributed by atoms with Gasteiger partial charge in [-0.3, -0.25) is 0 Å². The van der Waals surface area contributed by atoms with E-state index in [0.29, 0.717) is 0 Å². The van der Waals surface area contributed by atoms with Crippen LogP contribution in [0.3, 0.4) is 0 Å². The Labute approximate surface area is 333 Å². The van der Waals surface area contributed by atoms with Gasteiger partial charge in [-0.2, -0.15) is 0 Å². The second kappa shape index (κ2) is 15.8. The third kappa shape index (κ3) is 6.46. The molecule has 0 radical (unpaired) electrons. The Kier molecular flexibility index (Phi) is 10.3. The molecule has 0 spiro atoms. The average molecular weight is 727 g/mol. The molecule has 1 heterocycles. The van der Waals surface area contributed by atoms with Crippen LogP contribution in [-0.2, 0) is 5.41 Å². The molecular weight excluding hydrogens is 677 g/mol. The van der Waals surface area contributed by atoms with Gasteiger partial charge in [-0.15, -0.1) is 0 Å².